The van der Waals surface area contributed by atoms with Crippen LogP contribution in [0.4, 0.5) is 0 Å². The van der Waals surface area contributed by atoms with Crippen molar-refractivity contribution in [1.29, 1.82) is 0 Å². The van der Waals surface area contributed by atoms with Crippen LogP contribution in [0.25, 0.3) is 0 Å². The van der Waals surface area contributed by atoms with Crippen molar-refractivity contribution in [3.05, 3.63) is 0 Å². The Morgan fingerprint density at radius 1 is 1.17 bits per heavy atom. The van der Waals surface area contributed by atoms with Crippen molar-refractivity contribution in [3.63, 3.8) is 0 Å². The first-order chi connectivity index (χ1) is 10.7. The molecule has 1 aliphatic heterocycles. The van der Waals surface area contributed by atoms with Gasteiger partial charge in [0.05, 0.1) is 6.04 Å². The third-order valence-corrected chi connectivity index (χ3v) is 4.66. The van der Waals surface area contributed by atoms with Gasteiger partial charge in [-0.05, 0) is 52.7 Å². The number of ether oxygens (including phenoxy) is 1. The van der Waals surface area contributed by atoms with Crippen molar-refractivity contribution in [2.24, 2.45) is 0 Å². The Labute approximate surface area is 143 Å². The predicted octanol–water partition coefficient (Wildman–Crippen LogP) is 2.81. The van der Waals surface area contributed by atoms with Crippen LogP contribution in [-0.4, -0.2) is 52.3 Å². The van der Waals surface area contributed by atoms with Gasteiger partial charge in [-0.15, -0.1) is 0 Å². The minimum Gasteiger partial charge on any atom is -0.460 e. The maximum absolute atomic E-state index is 12.1. The number of Topliss-reactive ketones (excluding diaryl/α,β-unsaturated/α-hetero) is 1. The molecule has 1 fully saturated rings. The third kappa shape index (κ3) is 7.86. The van der Waals surface area contributed by atoms with Gasteiger partial charge in [0, 0.05) is 25.1 Å². The van der Waals surface area contributed by atoms with E-state index in [1.165, 1.54) is 0 Å². The van der Waals surface area contributed by atoms with Crippen molar-refractivity contribution >= 4 is 29.4 Å². The second kappa shape index (κ2) is 9.30. The van der Waals surface area contributed by atoms with E-state index in [0.717, 1.165) is 30.8 Å². The Morgan fingerprint density at radius 3 is 2.48 bits per heavy atom. The Bertz CT molecular complexity index is 431. The minimum absolute atomic E-state index is 0.0716. The first kappa shape index (κ1) is 20.0. The van der Waals surface area contributed by atoms with Crippen LogP contribution in [0, 0.1) is 0 Å². The van der Waals surface area contributed by atoms with E-state index >= 15 is 0 Å². The molecular formula is C17H29NO4S. The average Bonchev–Trinajstić information content (AvgIpc) is 2.89. The van der Waals surface area contributed by atoms with Crippen LogP contribution < -0.4 is 0 Å². The van der Waals surface area contributed by atoms with Crippen LogP contribution in [0.1, 0.15) is 59.8 Å². The number of amides is 1. The number of esters is 1. The molecule has 1 heterocycles. The summed E-state index contributed by atoms with van der Waals surface area (Å²) >= 11 is 1.67. The minimum atomic E-state index is -0.431. The molecule has 0 bridgehead atoms. The molecule has 1 amide bonds. The molecule has 0 unspecified atom stereocenters. The Hall–Kier alpha value is -1.04. The normalized spacial score (nSPS) is 18.1. The molecular weight excluding hydrogens is 314 g/mol. The quantitative estimate of drug-likeness (QED) is 0.501. The van der Waals surface area contributed by atoms with Crippen LogP contribution in [0.2, 0.25) is 0 Å². The fraction of sp³-hybridized carbons (Fsp3) is 0.824. The van der Waals surface area contributed by atoms with E-state index in [4.69, 9.17) is 4.74 Å². The second-order valence-corrected chi connectivity index (χ2v) is 8.13. The van der Waals surface area contributed by atoms with Crippen molar-refractivity contribution in [1.82, 2.24) is 4.90 Å². The molecule has 1 saturated heterocycles. The van der Waals surface area contributed by atoms with Crippen LogP contribution in [0.15, 0.2) is 0 Å². The van der Waals surface area contributed by atoms with Gasteiger partial charge in [0.15, 0.2) is 5.78 Å². The second-order valence-electron chi connectivity index (χ2n) is 6.91. The first-order valence-electron chi connectivity index (χ1n) is 8.30. The molecule has 0 N–H and O–H groups in total. The maximum atomic E-state index is 12.1. The first-order valence-corrected chi connectivity index (χ1v) is 9.45. The highest BCUT2D eigenvalue weighted by Gasteiger charge is 2.31. The van der Waals surface area contributed by atoms with Gasteiger partial charge < -0.3 is 9.64 Å². The lowest BCUT2D eigenvalue weighted by Gasteiger charge is -2.22. The zero-order valence-corrected chi connectivity index (χ0v) is 15.5. The standard InChI is InChI=1S/C17H29NO4S/c1-13(19)14-7-5-10-18(14)15(20)9-12-23-11-6-8-16(21)22-17(2,3)4/h14H,5-12H2,1-4H3/t14-/m0/s1. The molecule has 1 atom stereocenters. The van der Waals surface area contributed by atoms with Crippen molar-refractivity contribution in [2.45, 2.75) is 71.4 Å². The number of carbonyl (C=O) groups is 3. The van der Waals surface area contributed by atoms with Crippen LogP contribution in [0.3, 0.4) is 0 Å². The number of hydrogen-bond donors (Lipinski definition) is 0. The van der Waals surface area contributed by atoms with Gasteiger partial charge in [0.2, 0.25) is 5.91 Å². The summed E-state index contributed by atoms with van der Waals surface area (Å²) in [7, 11) is 0. The summed E-state index contributed by atoms with van der Waals surface area (Å²) in [4.78, 5) is 36.9. The molecule has 1 aliphatic rings. The number of thioether (sulfide) groups is 1. The molecule has 0 saturated carbocycles. The van der Waals surface area contributed by atoms with Gasteiger partial charge in [0.25, 0.3) is 0 Å². The Kier molecular flexibility index (Phi) is 8.09. The molecule has 0 aromatic carbocycles. The summed E-state index contributed by atoms with van der Waals surface area (Å²) in [6.45, 7) is 7.84. The summed E-state index contributed by atoms with van der Waals surface area (Å²) in [5.41, 5.74) is -0.431. The number of rotatable bonds is 8. The monoisotopic (exact) mass is 343 g/mol. The molecule has 6 heteroatoms. The zero-order valence-electron chi connectivity index (χ0n) is 14.7. The predicted molar refractivity (Wildman–Crippen MR) is 92.4 cm³/mol. The van der Waals surface area contributed by atoms with E-state index in [1.807, 2.05) is 20.8 Å². The van der Waals surface area contributed by atoms with Gasteiger partial charge >= 0.3 is 5.97 Å². The number of nitrogens with zero attached hydrogens (tertiary/aromatic N) is 1. The fourth-order valence-corrected chi connectivity index (χ4v) is 3.48. The van der Waals surface area contributed by atoms with Gasteiger partial charge in [0.1, 0.15) is 5.60 Å². The van der Waals surface area contributed by atoms with Crippen LogP contribution in [0.5, 0.6) is 0 Å². The lowest BCUT2D eigenvalue weighted by Crippen LogP contribution is -2.39. The lowest BCUT2D eigenvalue weighted by molar-refractivity contribution is -0.154. The third-order valence-electron chi connectivity index (χ3n) is 3.59. The van der Waals surface area contributed by atoms with Gasteiger partial charge in [-0.25, -0.2) is 0 Å². The molecule has 0 spiro atoms. The summed E-state index contributed by atoms with van der Waals surface area (Å²) in [6, 6.07) is -0.209. The summed E-state index contributed by atoms with van der Waals surface area (Å²) < 4.78 is 5.24. The summed E-state index contributed by atoms with van der Waals surface area (Å²) in [6.07, 6.45) is 3.34. The van der Waals surface area contributed by atoms with Gasteiger partial charge in [-0.2, -0.15) is 11.8 Å². The van der Waals surface area contributed by atoms with E-state index < -0.39 is 5.60 Å². The number of ketones is 1. The molecule has 23 heavy (non-hydrogen) atoms. The van der Waals surface area contributed by atoms with E-state index in [2.05, 4.69) is 0 Å². The van der Waals surface area contributed by atoms with E-state index in [9.17, 15) is 14.4 Å². The van der Waals surface area contributed by atoms with Gasteiger partial charge in [-0.1, -0.05) is 0 Å². The van der Waals surface area contributed by atoms with E-state index in [-0.39, 0.29) is 23.7 Å². The average molecular weight is 343 g/mol. The molecule has 0 aromatic rings. The molecule has 0 aromatic heterocycles. The van der Waals surface area contributed by atoms with E-state index in [1.54, 1.807) is 23.6 Å². The largest absolute Gasteiger partial charge is 0.460 e. The van der Waals surface area contributed by atoms with Crippen molar-refractivity contribution < 1.29 is 19.1 Å². The smallest absolute Gasteiger partial charge is 0.306 e. The van der Waals surface area contributed by atoms with Crippen molar-refractivity contribution in [3.8, 4) is 0 Å². The lowest BCUT2D eigenvalue weighted by atomic mass is 10.1. The maximum Gasteiger partial charge on any atom is 0.306 e. The zero-order chi connectivity index (χ0) is 17.5. The van der Waals surface area contributed by atoms with E-state index in [0.29, 0.717) is 19.4 Å². The number of likely N-dealkylation sites (tertiary alicyclic amines) is 1. The van der Waals surface area contributed by atoms with Gasteiger partial charge in [-0.3, -0.25) is 14.4 Å². The molecule has 0 radical (unpaired) electrons. The van der Waals surface area contributed by atoms with Crippen LogP contribution in [-0.2, 0) is 19.1 Å². The molecule has 132 valence electrons. The highest BCUT2D eigenvalue weighted by molar-refractivity contribution is 7.99. The highest BCUT2D eigenvalue weighted by atomic mass is 32.2. The summed E-state index contributed by atoms with van der Waals surface area (Å²) in [5.74, 6) is 1.55. The Balaban J connectivity index is 2.12. The topological polar surface area (TPSA) is 63.7 Å². The molecule has 1 rings (SSSR count). The number of carbonyl (C=O) groups excluding carboxylic acids is 3. The fourth-order valence-electron chi connectivity index (χ4n) is 2.60. The number of hydrogen-bond acceptors (Lipinski definition) is 5. The summed E-state index contributed by atoms with van der Waals surface area (Å²) in [5, 5.41) is 0. The molecule has 0 aliphatic carbocycles. The van der Waals surface area contributed by atoms with Crippen LogP contribution >= 0.6 is 11.8 Å². The SMILES string of the molecule is CC(=O)[C@@H]1CCCN1C(=O)CCSCCCC(=O)OC(C)(C)C. The highest BCUT2D eigenvalue weighted by Crippen LogP contribution is 2.20. The molecule has 5 nitrogen and oxygen atoms in total. The Morgan fingerprint density at radius 2 is 1.87 bits per heavy atom. The van der Waals surface area contributed by atoms with Crippen molar-refractivity contribution in [2.75, 3.05) is 18.1 Å².